The number of nitro benzene ring substituents is 2. The Morgan fingerprint density at radius 2 is 2.04 bits per heavy atom. The number of non-ortho nitro benzene ring substituents is 1. The topological polar surface area (TPSA) is 146 Å². The van der Waals surface area contributed by atoms with Gasteiger partial charge in [0.05, 0.1) is 22.5 Å². The molecule has 0 bridgehead atoms. The van der Waals surface area contributed by atoms with E-state index in [1.807, 2.05) is 0 Å². The minimum absolute atomic E-state index is 0.158. The third-order valence-corrected chi connectivity index (χ3v) is 2.89. The first-order chi connectivity index (χ1) is 10.9. The van der Waals surface area contributed by atoms with Gasteiger partial charge in [-0.25, -0.2) is 4.63 Å². The number of ether oxygens (including phenoxy) is 1. The van der Waals surface area contributed by atoms with E-state index in [4.69, 9.17) is 4.74 Å². The summed E-state index contributed by atoms with van der Waals surface area (Å²) in [5, 5.41) is 31.7. The first-order valence-corrected chi connectivity index (χ1v) is 6.51. The molecule has 11 heteroatoms. The van der Waals surface area contributed by atoms with Gasteiger partial charge in [-0.3, -0.25) is 20.2 Å². The summed E-state index contributed by atoms with van der Waals surface area (Å²) in [6.45, 7) is 3.59. The zero-order chi connectivity index (χ0) is 17.0. The van der Waals surface area contributed by atoms with Crippen LogP contribution < -0.4 is 10.1 Å². The first kappa shape index (κ1) is 16.1. The molecule has 1 aromatic heterocycles. The molecule has 0 aliphatic rings. The Hall–Kier alpha value is -3.24. The summed E-state index contributed by atoms with van der Waals surface area (Å²) in [6.07, 6.45) is -0.393. The van der Waals surface area contributed by atoms with Crippen LogP contribution in [0.1, 0.15) is 12.6 Å². The van der Waals surface area contributed by atoms with Gasteiger partial charge in [-0.1, -0.05) is 5.16 Å². The van der Waals surface area contributed by atoms with Crippen molar-refractivity contribution < 1.29 is 19.2 Å². The van der Waals surface area contributed by atoms with Crippen molar-refractivity contribution >= 4 is 17.1 Å². The number of rotatable bonds is 7. The fraction of sp³-hybridized carbons (Fsp3) is 0.333. The highest BCUT2D eigenvalue weighted by atomic mass is 16.6. The van der Waals surface area contributed by atoms with Crippen LogP contribution in [0.4, 0.5) is 17.1 Å². The van der Waals surface area contributed by atoms with Crippen molar-refractivity contribution in [2.75, 3.05) is 11.9 Å². The van der Waals surface area contributed by atoms with E-state index in [0.29, 0.717) is 5.69 Å². The summed E-state index contributed by atoms with van der Waals surface area (Å²) in [6, 6.07) is 3.37. The van der Waals surface area contributed by atoms with E-state index >= 15 is 0 Å². The van der Waals surface area contributed by atoms with Crippen LogP contribution in [0, 0.1) is 27.2 Å². The number of nitro groups is 2. The minimum atomic E-state index is -0.692. The second kappa shape index (κ2) is 6.68. The maximum Gasteiger partial charge on any atom is 0.299 e. The van der Waals surface area contributed by atoms with E-state index in [-0.39, 0.29) is 29.5 Å². The number of aryl methyl sites for hydroxylation is 1. The van der Waals surface area contributed by atoms with Crippen LogP contribution in [0.25, 0.3) is 0 Å². The van der Waals surface area contributed by atoms with Crippen molar-refractivity contribution in [3.63, 3.8) is 0 Å². The zero-order valence-corrected chi connectivity index (χ0v) is 12.3. The van der Waals surface area contributed by atoms with E-state index in [1.165, 1.54) is 12.1 Å². The van der Waals surface area contributed by atoms with Crippen LogP contribution in [-0.2, 0) is 0 Å². The predicted molar refractivity (Wildman–Crippen MR) is 77.4 cm³/mol. The van der Waals surface area contributed by atoms with E-state index in [9.17, 15) is 20.2 Å². The van der Waals surface area contributed by atoms with Gasteiger partial charge < -0.3 is 10.1 Å². The highest BCUT2D eigenvalue weighted by Crippen LogP contribution is 2.29. The molecule has 0 amide bonds. The van der Waals surface area contributed by atoms with E-state index in [1.54, 1.807) is 13.8 Å². The molecule has 0 unspecified atom stereocenters. The lowest BCUT2D eigenvalue weighted by Gasteiger charge is -2.14. The number of aromatic nitrogens is 2. The molecule has 1 N–H and O–H groups in total. The standard InChI is InChI=1S/C12H13N5O6/c1-7(22-12-8(2)14-23-15-12)6-13-10-4-3-9(16(18)19)5-11(10)17(20)21/h3-5,7,13H,6H2,1-2H3/t7-/m1/s1. The summed E-state index contributed by atoms with van der Waals surface area (Å²) < 4.78 is 9.96. The first-order valence-electron chi connectivity index (χ1n) is 6.51. The second-order valence-electron chi connectivity index (χ2n) is 4.68. The average molecular weight is 323 g/mol. The molecule has 0 saturated carbocycles. The fourth-order valence-corrected chi connectivity index (χ4v) is 1.75. The predicted octanol–water partition coefficient (Wildman–Crippen LogP) is 2.07. The molecule has 0 spiro atoms. The van der Waals surface area contributed by atoms with Crippen LogP contribution in [0.3, 0.4) is 0 Å². The Bertz CT molecular complexity index is 730. The number of hydrogen-bond donors (Lipinski definition) is 1. The van der Waals surface area contributed by atoms with E-state index < -0.39 is 16.0 Å². The Kier molecular flexibility index (Phi) is 4.69. The summed E-state index contributed by atoms with van der Waals surface area (Å²) in [5.41, 5.74) is -0.0919. The molecule has 1 aromatic carbocycles. The molecule has 2 aromatic rings. The van der Waals surface area contributed by atoms with Crippen LogP contribution >= 0.6 is 0 Å². The molecular formula is C12H13N5O6. The molecule has 122 valence electrons. The van der Waals surface area contributed by atoms with Crippen LogP contribution in [0.2, 0.25) is 0 Å². The van der Waals surface area contributed by atoms with Crippen molar-refractivity contribution in [3.05, 3.63) is 44.1 Å². The molecule has 0 aliphatic carbocycles. The number of benzene rings is 1. The van der Waals surface area contributed by atoms with Gasteiger partial charge in [0.1, 0.15) is 17.5 Å². The quantitative estimate of drug-likeness (QED) is 0.597. The molecular weight excluding hydrogens is 310 g/mol. The number of nitrogens with zero attached hydrogens (tertiary/aromatic N) is 4. The second-order valence-corrected chi connectivity index (χ2v) is 4.68. The van der Waals surface area contributed by atoms with Gasteiger partial charge in [0, 0.05) is 6.07 Å². The average Bonchev–Trinajstić information content (AvgIpc) is 2.90. The number of nitrogens with one attached hydrogen (secondary N) is 1. The van der Waals surface area contributed by atoms with Crippen molar-refractivity contribution in [2.45, 2.75) is 20.0 Å². The molecule has 1 atom stereocenters. The Morgan fingerprint density at radius 3 is 2.61 bits per heavy atom. The molecule has 11 nitrogen and oxygen atoms in total. The van der Waals surface area contributed by atoms with E-state index in [0.717, 1.165) is 6.07 Å². The van der Waals surface area contributed by atoms with E-state index in [2.05, 4.69) is 20.3 Å². The Morgan fingerprint density at radius 1 is 1.30 bits per heavy atom. The molecule has 2 rings (SSSR count). The lowest BCUT2D eigenvalue weighted by Crippen LogP contribution is -2.23. The molecule has 0 aliphatic heterocycles. The Balaban J connectivity index is 2.06. The lowest BCUT2D eigenvalue weighted by atomic mass is 10.2. The van der Waals surface area contributed by atoms with Crippen LogP contribution in [-0.4, -0.2) is 32.8 Å². The zero-order valence-electron chi connectivity index (χ0n) is 12.3. The van der Waals surface area contributed by atoms with Gasteiger partial charge in [-0.05, 0) is 25.1 Å². The molecule has 1 heterocycles. The molecule has 23 heavy (non-hydrogen) atoms. The van der Waals surface area contributed by atoms with Gasteiger partial charge >= 0.3 is 0 Å². The van der Waals surface area contributed by atoms with Gasteiger partial charge in [-0.2, -0.15) is 0 Å². The fourth-order valence-electron chi connectivity index (χ4n) is 1.75. The van der Waals surface area contributed by atoms with Gasteiger partial charge in [0.25, 0.3) is 17.3 Å². The monoisotopic (exact) mass is 323 g/mol. The third kappa shape index (κ3) is 3.90. The maximum absolute atomic E-state index is 11.0. The Labute approximate surface area is 129 Å². The smallest absolute Gasteiger partial charge is 0.299 e. The van der Waals surface area contributed by atoms with Gasteiger partial charge in [0.2, 0.25) is 0 Å². The summed E-state index contributed by atoms with van der Waals surface area (Å²) in [4.78, 5) is 20.3. The molecule has 0 fully saturated rings. The van der Waals surface area contributed by atoms with Crippen molar-refractivity contribution in [1.82, 2.24) is 10.3 Å². The largest absolute Gasteiger partial charge is 0.469 e. The summed E-state index contributed by atoms with van der Waals surface area (Å²) in [5.74, 6) is 0.234. The van der Waals surface area contributed by atoms with Crippen LogP contribution in [0.5, 0.6) is 5.88 Å². The summed E-state index contributed by atoms with van der Waals surface area (Å²) in [7, 11) is 0. The third-order valence-electron chi connectivity index (χ3n) is 2.89. The molecule has 0 saturated heterocycles. The van der Waals surface area contributed by atoms with Crippen molar-refractivity contribution in [2.24, 2.45) is 0 Å². The summed E-state index contributed by atoms with van der Waals surface area (Å²) >= 11 is 0. The van der Waals surface area contributed by atoms with Crippen LogP contribution in [0.15, 0.2) is 22.8 Å². The number of hydrogen-bond acceptors (Lipinski definition) is 9. The van der Waals surface area contributed by atoms with Gasteiger partial charge in [0.15, 0.2) is 0 Å². The SMILES string of the molecule is Cc1nonc1O[C@H](C)CNc1ccc([N+](=O)[O-])cc1[N+](=O)[O-]. The van der Waals surface area contributed by atoms with Gasteiger partial charge in [-0.15, -0.1) is 0 Å². The lowest BCUT2D eigenvalue weighted by molar-refractivity contribution is -0.393. The molecule has 0 radical (unpaired) electrons. The highest BCUT2D eigenvalue weighted by molar-refractivity contribution is 5.65. The minimum Gasteiger partial charge on any atom is -0.469 e. The highest BCUT2D eigenvalue weighted by Gasteiger charge is 2.20. The maximum atomic E-state index is 11.0. The normalized spacial score (nSPS) is 11.7. The number of anilines is 1. The van der Waals surface area contributed by atoms with Crippen molar-refractivity contribution in [1.29, 1.82) is 0 Å². The van der Waals surface area contributed by atoms with Crippen molar-refractivity contribution in [3.8, 4) is 5.88 Å².